The minimum Gasteiger partial charge on any atom is -0.370 e. The van der Waals surface area contributed by atoms with Crippen molar-refractivity contribution in [3.8, 4) is 0 Å². The topological polar surface area (TPSA) is 39.7 Å². The lowest BCUT2D eigenvalue weighted by atomic mass is 10.2. The summed E-state index contributed by atoms with van der Waals surface area (Å²) in [6.45, 7) is 15.6. The molecule has 124 valence electrons. The number of rotatable bonds is 10. The highest BCUT2D eigenvalue weighted by Crippen LogP contribution is 2.05. The number of amidine groups is 1. The van der Waals surface area contributed by atoms with Crippen LogP contribution < -0.4 is 10.6 Å². The summed E-state index contributed by atoms with van der Waals surface area (Å²) in [6.07, 6.45) is 4.88. The molecule has 0 amide bonds. The molecule has 21 heavy (non-hydrogen) atoms. The number of aliphatic imine (C=N–C) groups is 1. The van der Waals surface area contributed by atoms with Gasteiger partial charge in [-0.1, -0.05) is 20.8 Å². The molecule has 2 N–H and O–H groups in total. The van der Waals surface area contributed by atoms with E-state index in [9.17, 15) is 0 Å². The molecular formula is C17H36N4. The lowest BCUT2D eigenvalue weighted by Crippen LogP contribution is -2.42. The highest BCUT2D eigenvalue weighted by atomic mass is 15.2. The van der Waals surface area contributed by atoms with Gasteiger partial charge in [-0.3, -0.25) is 9.89 Å². The van der Waals surface area contributed by atoms with Crippen molar-refractivity contribution in [2.24, 2.45) is 10.9 Å². The van der Waals surface area contributed by atoms with Crippen molar-refractivity contribution in [3.63, 3.8) is 0 Å². The third-order valence-corrected chi connectivity index (χ3v) is 3.76. The molecule has 1 rings (SSSR count). The highest BCUT2D eigenvalue weighted by molar-refractivity contribution is 5.84. The molecule has 0 aromatic heterocycles. The second kappa shape index (κ2) is 11.0. The van der Waals surface area contributed by atoms with Crippen LogP contribution in [-0.2, 0) is 0 Å². The molecule has 0 saturated heterocycles. The zero-order valence-electron chi connectivity index (χ0n) is 14.6. The fraction of sp³-hybridized carbons (Fsp3) is 0.941. The van der Waals surface area contributed by atoms with Crippen molar-refractivity contribution in [1.82, 2.24) is 15.5 Å². The van der Waals surface area contributed by atoms with Crippen molar-refractivity contribution in [3.05, 3.63) is 0 Å². The molecule has 1 aliphatic rings. The Labute approximate surface area is 131 Å². The molecule has 1 atom stereocenters. The van der Waals surface area contributed by atoms with Gasteiger partial charge in [-0.15, -0.1) is 0 Å². The van der Waals surface area contributed by atoms with Gasteiger partial charge in [0.05, 0.1) is 6.54 Å². The van der Waals surface area contributed by atoms with Gasteiger partial charge in [0.1, 0.15) is 5.84 Å². The fourth-order valence-corrected chi connectivity index (χ4v) is 2.80. The summed E-state index contributed by atoms with van der Waals surface area (Å²) >= 11 is 0. The van der Waals surface area contributed by atoms with E-state index in [-0.39, 0.29) is 0 Å². The maximum Gasteiger partial charge on any atom is 0.111 e. The molecule has 1 unspecified atom stereocenters. The summed E-state index contributed by atoms with van der Waals surface area (Å²) in [5, 5.41) is 7.08. The molecule has 0 bridgehead atoms. The Morgan fingerprint density at radius 1 is 1.38 bits per heavy atom. The van der Waals surface area contributed by atoms with E-state index in [4.69, 9.17) is 4.99 Å². The summed E-state index contributed by atoms with van der Waals surface area (Å²) in [5.41, 5.74) is 0. The Hall–Kier alpha value is -0.610. The predicted molar refractivity (Wildman–Crippen MR) is 93.2 cm³/mol. The zero-order chi connectivity index (χ0) is 15.5. The van der Waals surface area contributed by atoms with E-state index in [1.54, 1.807) is 0 Å². The maximum absolute atomic E-state index is 4.73. The molecule has 0 aliphatic carbocycles. The SMILES string of the molecule is CCCNCCCN(CC1=NCCCC(C)N1)CC(C)C. The third kappa shape index (κ3) is 9.10. The van der Waals surface area contributed by atoms with Crippen LogP contribution in [0.25, 0.3) is 0 Å². The molecule has 0 fully saturated rings. The standard InChI is InChI=1S/C17H36N4/c1-5-9-18-10-7-12-21(13-15(2)3)14-17-19-11-6-8-16(4)20-17/h15-16,18H,5-14H2,1-4H3,(H,19,20). The van der Waals surface area contributed by atoms with Gasteiger partial charge in [-0.25, -0.2) is 0 Å². The van der Waals surface area contributed by atoms with E-state index in [1.165, 1.54) is 31.5 Å². The van der Waals surface area contributed by atoms with Crippen LogP contribution >= 0.6 is 0 Å². The molecule has 0 radical (unpaired) electrons. The van der Waals surface area contributed by atoms with E-state index in [1.807, 2.05) is 0 Å². The number of nitrogens with one attached hydrogen (secondary N) is 2. The van der Waals surface area contributed by atoms with Gasteiger partial charge >= 0.3 is 0 Å². The molecule has 1 heterocycles. The Morgan fingerprint density at radius 2 is 2.19 bits per heavy atom. The number of hydrogen-bond donors (Lipinski definition) is 2. The van der Waals surface area contributed by atoms with Gasteiger partial charge in [0.2, 0.25) is 0 Å². The fourth-order valence-electron chi connectivity index (χ4n) is 2.80. The first-order valence-electron chi connectivity index (χ1n) is 8.84. The van der Waals surface area contributed by atoms with Crippen molar-refractivity contribution in [2.75, 3.05) is 39.3 Å². The van der Waals surface area contributed by atoms with Crippen molar-refractivity contribution in [1.29, 1.82) is 0 Å². The first-order chi connectivity index (χ1) is 10.1. The first kappa shape index (κ1) is 18.4. The zero-order valence-corrected chi connectivity index (χ0v) is 14.6. The van der Waals surface area contributed by atoms with Crippen molar-refractivity contribution >= 4 is 5.84 Å². The quantitative estimate of drug-likeness (QED) is 0.609. The molecule has 0 spiro atoms. The Bertz CT molecular complexity index is 289. The van der Waals surface area contributed by atoms with Crippen LogP contribution in [-0.4, -0.2) is 56.0 Å². The summed E-state index contributed by atoms with van der Waals surface area (Å²) in [4.78, 5) is 7.28. The van der Waals surface area contributed by atoms with E-state index < -0.39 is 0 Å². The molecule has 0 aromatic carbocycles. The van der Waals surface area contributed by atoms with Crippen LogP contribution in [0.5, 0.6) is 0 Å². The predicted octanol–water partition coefficient (Wildman–Crippen LogP) is 2.50. The van der Waals surface area contributed by atoms with Crippen LogP contribution in [0.2, 0.25) is 0 Å². The van der Waals surface area contributed by atoms with Crippen molar-refractivity contribution in [2.45, 2.75) is 59.4 Å². The summed E-state index contributed by atoms with van der Waals surface area (Å²) in [6, 6.07) is 0.568. The number of hydrogen-bond acceptors (Lipinski definition) is 4. The highest BCUT2D eigenvalue weighted by Gasteiger charge is 2.14. The Balaban J connectivity index is 2.39. The molecule has 4 heteroatoms. The molecule has 0 saturated carbocycles. The Kier molecular flexibility index (Phi) is 9.68. The van der Waals surface area contributed by atoms with E-state index in [2.05, 4.69) is 43.2 Å². The summed E-state index contributed by atoms with van der Waals surface area (Å²) < 4.78 is 0. The van der Waals surface area contributed by atoms with E-state index in [0.29, 0.717) is 12.0 Å². The molecule has 1 aliphatic heterocycles. The van der Waals surface area contributed by atoms with Gasteiger partial charge in [0.15, 0.2) is 0 Å². The lowest BCUT2D eigenvalue weighted by Gasteiger charge is -2.26. The van der Waals surface area contributed by atoms with Crippen LogP contribution in [0.3, 0.4) is 0 Å². The van der Waals surface area contributed by atoms with Gasteiger partial charge < -0.3 is 10.6 Å². The smallest absolute Gasteiger partial charge is 0.111 e. The van der Waals surface area contributed by atoms with Crippen LogP contribution in [0.1, 0.15) is 53.4 Å². The minimum atomic E-state index is 0.568. The van der Waals surface area contributed by atoms with Gasteiger partial charge in [-0.05, 0) is 58.2 Å². The second-order valence-corrected chi connectivity index (χ2v) is 6.75. The average molecular weight is 297 g/mol. The molecular weight excluding hydrogens is 260 g/mol. The van der Waals surface area contributed by atoms with E-state index >= 15 is 0 Å². The van der Waals surface area contributed by atoms with Crippen molar-refractivity contribution < 1.29 is 0 Å². The lowest BCUT2D eigenvalue weighted by molar-refractivity contribution is 0.269. The third-order valence-electron chi connectivity index (χ3n) is 3.76. The summed E-state index contributed by atoms with van der Waals surface area (Å²) in [7, 11) is 0. The van der Waals surface area contributed by atoms with E-state index in [0.717, 1.165) is 39.3 Å². The average Bonchev–Trinajstić information content (AvgIpc) is 2.62. The largest absolute Gasteiger partial charge is 0.370 e. The molecule has 0 aromatic rings. The van der Waals surface area contributed by atoms with Gasteiger partial charge in [0, 0.05) is 19.1 Å². The monoisotopic (exact) mass is 296 g/mol. The second-order valence-electron chi connectivity index (χ2n) is 6.75. The molecule has 4 nitrogen and oxygen atoms in total. The number of nitrogens with zero attached hydrogens (tertiary/aromatic N) is 2. The van der Waals surface area contributed by atoms with Gasteiger partial charge in [-0.2, -0.15) is 0 Å². The van der Waals surface area contributed by atoms with Crippen LogP contribution in [0.4, 0.5) is 0 Å². The van der Waals surface area contributed by atoms with Crippen LogP contribution in [0.15, 0.2) is 4.99 Å². The Morgan fingerprint density at radius 3 is 2.90 bits per heavy atom. The van der Waals surface area contributed by atoms with Crippen LogP contribution in [0, 0.1) is 5.92 Å². The minimum absolute atomic E-state index is 0.568. The van der Waals surface area contributed by atoms with Gasteiger partial charge in [0.25, 0.3) is 0 Å². The first-order valence-corrected chi connectivity index (χ1v) is 8.84. The normalized spacial score (nSPS) is 19.5. The summed E-state index contributed by atoms with van der Waals surface area (Å²) in [5.74, 6) is 1.90. The maximum atomic E-state index is 4.73.